The Hall–Kier alpha value is -1.22. The van der Waals surface area contributed by atoms with E-state index < -0.39 is 0 Å². The van der Waals surface area contributed by atoms with E-state index in [1.807, 2.05) is 6.92 Å². The first kappa shape index (κ1) is 14.8. The predicted molar refractivity (Wildman–Crippen MR) is 63.2 cm³/mol. The van der Waals surface area contributed by atoms with E-state index in [1.54, 1.807) is 6.26 Å². The molecule has 0 fully saturated rings. The summed E-state index contributed by atoms with van der Waals surface area (Å²) in [4.78, 5) is 0. The fraction of sp³-hybridized carbons (Fsp3) is 0.846. The average molecular weight is 222 g/mol. The number of nitrogens with zero attached hydrogens (tertiary/aromatic N) is 2. The predicted octanol–water partition coefficient (Wildman–Crippen LogP) is 3.62. The molecule has 0 N–H and O–H groups in total. The second-order valence-corrected chi connectivity index (χ2v) is 5.26. The Bertz CT molecular complexity index is 273. The van der Waals surface area contributed by atoms with Crippen LogP contribution in [0.2, 0.25) is 0 Å². The Morgan fingerprint density at radius 3 is 2.38 bits per heavy atom. The third-order valence-corrected chi connectivity index (χ3v) is 3.06. The van der Waals surface area contributed by atoms with E-state index in [9.17, 15) is 0 Å². The van der Waals surface area contributed by atoms with Crippen molar-refractivity contribution in [3.8, 4) is 12.3 Å². The van der Waals surface area contributed by atoms with Gasteiger partial charge in [0.15, 0.2) is 0 Å². The van der Waals surface area contributed by atoms with Gasteiger partial charge in [0.25, 0.3) is 6.26 Å². The van der Waals surface area contributed by atoms with E-state index in [4.69, 9.17) is 15.3 Å². The van der Waals surface area contributed by atoms with Gasteiger partial charge in [-0.1, -0.05) is 34.1 Å². The molecule has 90 valence electrons. The topological polar surface area (TPSA) is 56.8 Å². The van der Waals surface area contributed by atoms with E-state index in [-0.39, 0.29) is 17.4 Å². The van der Waals surface area contributed by atoms with Gasteiger partial charge in [-0.15, -0.1) is 0 Å². The number of nitriles is 2. The maximum Gasteiger partial charge on any atom is 0.286 e. The zero-order valence-corrected chi connectivity index (χ0v) is 10.8. The molecule has 0 aromatic heterocycles. The molecule has 0 heterocycles. The van der Waals surface area contributed by atoms with Gasteiger partial charge in [0.2, 0.25) is 0 Å². The SMILES string of the molecule is CCC(C)(C)CC(CC(C)CC#N)OC#N. The number of rotatable bonds is 7. The summed E-state index contributed by atoms with van der Waals surface area (Å²) in [5, 5.41) is 17.2. The summed E-state index contributed by atoms with van der Waals surface area (Å²) in [6.07, 6.45) is 4.96. The second-order valence-electron chi connectivity index (χ2n) is 5.26. The summed E-state index contributed by atoms with van der Waals surface area (Å²) in [5.74, 6) is 0.288. The van der Waals surface area contributed by atoms with Gasteiger partial charge < -0.3 is 4.74 Å². The summed E-state index contributed by atoms with van der Waals surface area (Å²) in [6.45, 7) is 8.52. The molecule has 2 atom stereocenters. The van der Waals surface area contributed by atoms with E-state index >= 15 is 0 Å². The van der Waals surface area contributed by atoms with Crippen molar-refractivity contribution in [1.29, 1.82) is 10.5 Å². The zero-order valence-electron chi connectivity index (χ0n) is 10.8. The minimum Gasteiger partial charge on any atom is -0.424 e. The van der Waals surface area contributed by atoms with Crippen LogP contribution in [0.25, 0.3) is 0 Å². The zero-order chi connectivity index (χ0) is 12.6. The average Bonchev–Trinajstić information content (AvgIpc) is 2.17. The molecule has 0 aliphatic heterocycles. The lowest BCUT2D eigenvalue weighted by Gasteiger charge is -2.28. The van der Waals surface area contributed by atoms with Gasteiger partial charge in [0, 0.05) is 6.42 Å². The largest absolute Gasteiger partial charge is 0.424 e. The molecule has 0 saturated carbocycles. The highest BCUT2D eigenvalue weighted by molar-refractivity contribution is 4.80. The van der Waals surface area contributed by atoms with Crippen LogP contribution in [0.3, 0.4) is 0 Å². The van der Waals surface area contributed by atoms with Gasteiger partial charge in [-0.05, 0) is 24.2 Å². The van der Waals surface area contributed by atoms with E-state index in [2.05, 4.69) is 26.8 Å². The fourth-order valence-electron chi connectivity index (χ4n) is 1.70. The van der Waals surface area contributed by atoms with E-state index in [1.165, 1.54) is 0 Å². The van der Waals surface area contributed by atoms with Gasteiger partial charge in [-0.3, -0.25) is 0 Å². The molecule has 0 rings (SSSR count). The molecule has 0 aliphatic carbocycles. The molecule has 0 radical (unpaired) electrons. The lowest BCUT2D eigenvalue weighted by molar-refractivity contribution is 0.0844. The van der Waals surface area contributed by atoms with Crippen LogP contribution >= 0.6 is 0 Å². The maximum absolute atomic E-state index is 8.61. The summed E-state index contributed by atoms with van der Waals surface area (Å²) < 4.78 is 5.09. The van der Waals surface area contributed by atoms with Gasteiger partial charge in [-0.2, -0.15) is 10.5 Å². The molecule has 0 saturated heterocycles. The molecule has 0 aromatic carbocycles. The lowest BCUT2D eigenvalue weighted by Crippen LogP contribution is -2.23. The third kappa shape index (κ3) is 6.30. The summed E-state index contributed by atoms with van der Waals surface area (Å²) in [6, 6.07) is 2.15. The van der Waals surface area contributed by atoms with Crippen LogP contribution in [0.4, 0.5) is 0 Å². The van der Waals surface area contributed by atoms with Crippen molar-refractivity contribution >= 4 is 0 Å². The highest BCUT2D eigenvalue weighted by Crippen LogP contribution is 2.30. The Morgan fingerprint density at radius 1 is 1.31 bits per heavy atom. The highest BCUT2D eigenvalue weighted by atomic mass is 16.5. The van der Waals surface area contributed by atoms with Crippen LogP contribution in [0.5, 0.6) is 0 Å². The van der Waals surface area contributed by atoms with Crippen molar-refractivity contribution < 1.29 is 4.74 Å². The van der Waals surface area contributed by atoms with Crippen LogP contribution < -0.4 is 0 Å². The van der Waals surface area contributed by atoms with Crippen molar-refractivity contribution in [3.63, 3.8) is 0 Å². The fourth-order valence-corrected chi connectivity index (χ4v) is 1.70. The Balaban J connectivity index is 4.29. The first-order chi connectivity index (χ1) is 7.45. The smallest absolute Gasteiger partial charge is 0.286 e. The van der Waals surface area contributed by atoms with Gasteiger partial charge >= 0.3 is 0 Å². The summed E-state index contributed by atoms with van der Waals surface area (Å²) >= 11 is 0. The van der Waals surface area contributed by atoms with Crippen molar-refractivity contribution in [2.45, 2.75) is 59.5 Å². The molecular formula is C13H22N2O. The quantitative estimate of drug-likeness (QED) is 0.618. The van der Waals surface area contributed by atoms with Crippen molar-refractivity contribution in [2.75, 3.05) is 0 Å². The molecule has 3 nitrogen and oxygen atoms in total. The van der Waals surface area contributed by atoms with Crippen molar-refractivity contribution in [3.05, 3.63) is 0 Å². The number of hydrogen-bond donors (Lipinski definition) is 0. The van der Waals surface area contributed by atoms with E-state index in [0.717, 1.165) is 19.3 Å². The standard InChI is InChI=1S/C13H22N2O/c1-5-13(3,4)9-12(16-10-15)8-11(2)6-7-14/h11-12H,5-6,8-9H2,1-4H3. The molecule has 0 spiro atoms. The first-order valence-electron chi connectivity index (χ1n) is 5.87. The normalized spacial score (nSPS) is 14.6. The van der Waals surface area contributed by atoms with E-state index in [0.29, 0.717) is 6.42 Å². The van der Waals surface area contributed by atoms with Crippen LogP contribution in [-0.2, 0) is 4.74 Å². The monoisotopic (exact) mass is 222 g/mol. The van der Waals surface area contributed by atoms with Crippen molar-refractivity contribution in [2.24, 2.45) is 11.3 Å². The Labute approximate surface area is 99.0 Å². The molecule has 0 aromatic rings. The molecule has 0 amide bonds. The highest BCUT2D eigenvalue weighted by Gasteiger charge is 2.24. The van der Waals surface area contributed by atoms with Crippen molar-refractivity contribution in [1.82, 2.24) is 0 Å². The van der Waals surface area contributed by atoms with Crippen LogP contribution in [-0.4, -0.2) is 6.10 Å². The second kappa shape index (κ2) is 7.12. The Kier molecular flexibility index (Phi) is 6.58. The molecule has 3 heteroatoms. The molecule has 2 unspecified atom stereocenters. The van der Waals surface area contributed by atoms with Gasteiger partial charge in [-0.25, -0.2) is 0 Å². The summed E-state index contributed by atoms with van der Waals surface area (Å²) in [5.41, 5.74) is 0.188. The first-order valence-corrected chi connectivity index (χ1v) is 5.87. The third-order valence-electron chi connectivity index (χ3n) is 3.06. The van der Waals surface area contributed by atoms with Gasteiger partial charge in [0.1, 0.15) is 6.10 Å². The molecule has 0 bridgehead atoms. The minimum atomic E-state index is -0.0525. The molecule has 16 heavy (non-hydrogen) atoms. The van der Waals surface area contributed by atoms with Crippen LogP contribution in [0.1, 0.15) is 53.4 Å². The van der Waals surface area contributed by atoms with Gasteiger partial charge in [0.05, 0.1) is 6.07 Å². The summed E-state index contributed by atoms with van der Waals surface area (Å²) in [7, 11) is 0. The van der Waals surface area contributed by atoms with Crippen LogP contribution in [0, 0.1) is 34.2 Å². The van der Waals surface area contributed by atoms with Crippen LogP contribution in [0.15, 0.2) is 0 Å². The maximum atomic E-state index is 8.61. The number of ether oxygens (including phenoxy) is 1. The number of hydrogen-bond acceptors (Lipinski definition) is 3. The molecule has 0 aliphatic rings. The molecular weight excluding hydrogens is 200 g/mol. The minimum absolute atomic E-state index is 0.0525. The Morgan fingerprint density at radius 2 is 1.94 bits per heavy atom. The lowest BCUT2D eigenvalue weighted by atomic mass is 9.82.